The van der Waals surface area contributed by atoms with Crippen molar-refractivity contribution >= 4 is 11.6 Å². The first-order valence-corrected chi connectivity index (χ1v) is 5.49. The largest absolute Gasteiger partial charge is 0.484 e. The molecule has 0 saturated carbocycles. The molecule has 6 nitrogen and oxygen atoms in total. The smallest absolute Gasteiger partial charge is 0.311 e. The monoisotopic (exact) mass is 252 g/mol. The molecule has 0 unspecified atom stereocenters. The molecular weight excluding hydrogens is 236 g/mol. The van der Waals surface area contributed by atoms with Crippen LogP contribution >= 0.6 is 0 Å². The maximum Gasteiger partial charge on any atom is 0.311 e. The van der Waals surface area contributed by atoms with E-state index in [0.29, 0.717) is 0 Å². The van der Waals surface area contributed by atoms with Crippen molar-refractivity contribution in [2.24, 2.45) is 0 Å². The number of carbonyl (C=O) groups is 1. The molecule has 1 amide bonds. The molecule has 1 aromatic carbocycles. The molecule has 0 heterocycles. The Morgan fingerprint density at radius 2 is 2.00 bits per heavy atom. The highest BCUT2D eigenvalue weighted by Gasteiger charge is 2.20. The minimum absolute atomic E-state index is 0.167. The Labute approximate surface area is 105 Å². The topological polar surface area (TPSA) is 72.7 Å². The number of rotatable bonds is 4. The highest BCUT2D eigenvalue weighted by atomic mass is 16.6. The fourth-order valence-electron chi connectivity index (χ4n) is 1.40. The van der Waals surface area contributed by atoms with Gasteiger partial charge in [-0.25, -0.2) is 0 Å². The van der Waals surface area contributed by atoms with Crippen molar-refractivity contribution in [3.05, 3.63) is 33.9 Å². The molecule has 0 bridgehead atoms. The number of hydrogen-bond donors (Lipinski definition) is 0. The second kappa shape index (κ2) is 5.48. The molecule has 0 saturated heterocycles. The molecule has 18 heavy (non-hydrogen) atoms. The fourth-order valence-corrected chi connectivity index (χ4v) is 1.40. The van der Waals surface area contributed by atoms with Crippen LogP contribution in [0.25, 0.3) is 0 Å². The Balaban J connectivity index is 3.19. The van der Waals surface area contributed by atoms with Crippen LogP contribution in [0.5, 0.6) is 5.75 Å². The SMILES string of the molecule is CC(C)Oc1ccc(C(=O)N(C)C)cc1[N+](=O)[O-]. The van der Waals surface area contributed by atoms with Crippen molar-refractivity contribution in [3.8, 4) is 5.75 Å². The predicted octanol–water partition coefficient (Wildman–Crippen LogP) is 2.08. The molecule has 0 aliphatic carbocycles. The van der Waals surface area contributed by atoms with E-state index in [2.05, 4.69) is 0 Å². The summed E-state index contributed by atoms with van der Waals surface area (Å²) in [6, 6.07) is 4.21. The van der Waals surface area contributed by atoms with Gasteiger partial charge in [0.15, 0.2) is 5.75 Å². The van der Waals surface area contributed by atoms with Crippen LogP contribution in [-0.2, 0) is 0 Å². The predicted molar refractivity (Wildman–Crippen MR) is 66.9 cm³/mol. The minimum Gasteiger partial charge on any atom is -0.484 e. The van der Waals surface area contributed by atoms with E-state index in [1.54, 1.807) is 27.9 Å². The zero-order valence-electron chi connectivity index (χ0n) is 10.8. The molecular formula is C12H16N2O4. The lowest BCUT2D eigenvalue weighted by Crippen LogP contribution is -2.21. The maximum atomic E-state index is 11.7. The van der Waals surface area contributed by atoms with Crippen molar-refractivity contribution in [2.45, 2.75) is 20.0 Å². The molecule has 0 aromatic heterocycles. The third kappa shape index (κ3) is 3.19. The Bertz CT molecular complexity index is 469. The van der Waals surface area contributed by atoms with Gasteiger partial charge in [-0.3, -0.25) is 14.9 Å². The summed E-state index contributed by atoms with van der Waals surface area (Å²) in [5, 5.41) is 10.9. The van der Waals surface area contributed by atoms with Crippen molar-refractivity contribution in [1.29, 1.82) is 0 Å². The first-order chi connectivity index (χ1) is 8.32. The van der Waals surface area contributed by atoms with Crippen molar-refractivity contribution < 1.29 is 14.5 Å². The summed E-state index contributed by atoms with van der Waals surface area (Å²) in [7, 11) is 3.18. The first kappa shape index (κ1) is 14.0. The van der Waals surface area contributed by atoms with E-state index < -0.39 is 4.92 Å². The molecule has 0 aliphatic rings. The van der Waals surface area contributed by atoms with Gasteiger partial charge in [0.25, 0.3) is 5.91 Å². The summed E-state index contributed by atoms with van der Waals surface area (Å²) in [4.78, 5) is 23.5. The first-order valence-electron chi connectivity index (χ1n) is 5.49. The molecule has 6 heteroatoms. The summed E-state index contributed by atoms with van der Waals surface area (Å²) in [6.45, 7) is 3.56. The van der Waals surface area contributed by atoms with Gasteiger partial charge in [-0.15, -0.1) is 0 Å². The van der Waals surface area contributed by atoms with Crippen molar-refractivity contribution in [1.82, 2.24) is 4.90 Å². The van der Waals surface area contributed by atoms with Crippen molar-refractivity contribution in [2.75, 3.05) is 14.1 Å². The normalized spacial score (nSPS) is 10.3. The number of benzene rings is 1. The molecule has 0 aliphatic heterocycles. The lowest BCUT2D eigenvalue weighted by Gasteiger charge is -2.13. The van der Waals surface area contributed by atoms with Crippen molar-refractivity contribution in [3.63, 3.8) is 0 Å². The number of carbonyl (C=O) groups excluding carboxylic acids is 1. The van der Waals surface area contributed by atoms with E-state index >= 15 is 0 Å². The summed E-state index contributed by atoms with van der Waals surface area (Å²) >= 11 is 0. The van der Waals surface area contributed by atoms with Crippen LogP contribution < -0.4 is 4.74 Å². The quantitative estimate of drug-likeness (QED) is 0.607. The van der Waals surface area contributed by atoms with Gasteiger partial charge in [0.1, 0.15) is 0 Å². The van der Waals surface area contributed by atoms with E-state index in [-0.39, 0.29) is 29.0 Å². The van der Waals surface area contributed by atoms with E-state index in [4.69, 9.17) is 4.74 Å². The van der Waals surface area contributed by atoms with Gasteiger partial charge in [0.2, 0.25) is 0 Å². The highest BCUT2D eigenvalue weighted by Crippen LogP contribution is 2.29. The van der Waals surface area contributed by atoms with Crippen LogP contribution in [-0.4, -0.2) is 35.9 Å². The number of nitro groups is 1. The number of amides is 1. The molecule has 0 fully saturated rings. The molecule has 0 N–H and O–H groups in total. The molecule has 0 radical (unpaired) electrons. The lowest BCUT2D eigenvalue weighted by molar-refractivity contribution is -0.386. The Hall–Kier alpha value is -2.11. The number of ether oxygens (including phenoxy) is 1. The number of nitro benzene ring substituents is 1. The van der Waals surface area contributed by atoms with Gasteiger partial charge in [0.05, 0.1) is 11.0 Å². The van der Waals surface area contributed by atoms with Crippen LogP contribution in [0.15, 0.2) is 18.2 Å². The average Bonchev–Trinajstić information content (AvgIpc) is 2.27. The molecule has 1 aromatic rings. The Morgan fingerprint density at radius 3 is 2.44 bits per heavy atom. The summed E-state index contributed by atoms with van der Waals surface area (Å²) in [5.74, 6) is -0.112. The van der Waals surface area contributed by atoms with Gasteiger partial charge >= 0.3 is 5.69 Å². The zero-order valence-corrected chi connectivity index (χ0v) is 10.8. The van der Waals surface area contributed by atoms with Gasteiger partial charge in [0, 0.05) is 25.7 Å². The highest BCUT2D eigenvalue weighted by molar-refractivity contribution is 5.94. The average molecular weight is 252 g/mol. The molecule has 0 atom stereocenters. The molecule has 98 valence electrons. The number of nitrogens with zero attached hydrogens (tertiary/aromatic N) is 2. The Morgan fingerprint density at radius 1 is 1.39 bits per heavy atom. The van der Waals surface area contributed by atoms with Crippen LogP contribution in [0.4, 0.5) is 5.69 Å². The van der Waals surface area contributed by atoms with Crippen LogP contribution in [0.2, 0.25) is 0 Å². The van der Waals surface area contributed by atoms with E-state index in [1.165, 1.54) is 23.1 Å². The third-order valence-electron chi connectivity index (χ3n) is 2.17. The molecule has 1 rings (SSSR count). The van der Waals surface area contributed by atoms with E-state index in [0.717, 1.165) is 0 Å². The zero-order chi connectivity index (χ0) is 13.9. The summed E-state index contributed by atoms with van der Waals surface area (Å²) in [6.07, 6.45) is -0.167. The summed E-state index contributed by atoms with van der Waals surface area (Å²) < 4.78 is 5.34. The standard InChI is InChI=1S/C12H16N2O4/c1-8(2)18-11-6-5-9(12(15)13(3)4)7-10(11)14(16)17/h5-8H,1-4H3. The van der Waals surface area contributed by atoms with Gasteiger partial charge in [-0.2, -0.15) is 0 Å². The van der Waals surface area contributed by atoms with Gasteiger partial charge in [-0.1, -0.05) is 0 Å². The fraction of sp³-hybridized carbons (Fsp3) is 0.417. The van der Waals surface area contributed by atoms with E-state index in [1.807, 2.05) is 0 Å². The number of hydrogen-bond acceptors (Lipinski definition) is 4. The second-order valence-corrected chi connectivity index (χ2v) is 4.31. The van der Waals surface area contributed by atoms with Crippen LogP contribution in [0.3, 0.4) is 0 Å². The lowest BCUT2D eigenvalue weighted by atomic mass is 10.1. The maximum absolute atomic E-state index is 11.7. The summed E-state index contributed by atoms with van der Waals surface area (Å²) in [5.41, 5.74) is 0.0687. The van der Waals surface area contributed by atoms with Crippen LogP contribution in [0.1, 0.15) is 24.2 Å². The van der Waals surface area contributed by atoms with Gasteiger partial charge in [-0.05, 0) is 26.0 Å². The minimum atomic E-state index is -0.551. The Kier molecular flexibility index (Phi) is 4.25. The van der Waals surface area contributed by atoms with E-state index in [9.17, 15) is 14.9 Å². The molecule has 0 spiro atoms. The second-order valence-electron chi connectivity index (χ2n) is 4.31. The van der Waals surface area contributed by atoms with Crippen LogP contribution in [0, 0.1) is 10.1 Å². The third-order valence-corrected chi connectivity index (χ3v) is 2.17. The van der Waals surface area contributed by atoms with Gasteiger partial charge < -0.3 is 9.64 Å².